The predicted octanol–water partition coefficient (Wildman–Crippen LogP) is 5.01. The van der Waals surface area contributed by atoms with Crippen molar-refractivity contribution < 1.29 is 33.1 Å². The molecule has 0 saturated carbocycles. The van der Waals surface area contributed by atoms with E-state index >= 15 is 0 Å². The summed E-state index contributed by atoms with van der Waals surface area (Å²) in [5.41, 5.74) is -0.622. The smallest absolute Gasteiger partial charge is 0.249 e. The van der Waals surface area contributed by atoms with Crippen molar-refractivity contribution in [2.45, 2.75) is 13.8 Å². The van der Waals surface area contributed by atoms with E-state index in [9.17, 15) is 14.2 Å². The highest BCUT2D eigenvalue weighted by Crippen LogP contribution is 2.56. The Hall–Kier alpha value is -3.57. The Labute approximate surface area is 199 Å². The monoisotopic (exact) mass is 482 g/mol. The first-order valence-corrected chi connectivity index (χ1v) is 12.1. The van der Waals surface area contributed by atoms with Crippen molar-refractivity contribution in [1.29, 1.82) is 0 Å². The highest BCUT2D eigenvalue weighted by molar-refractivity contribution is 8.01. The quantitative estimate of drug-likeness (QED) is 0.396. The zero-order valence-corrected chi connectivity index (χ0v) is 20.9. The molecule has 0 fully saturated rings. The second-order valence-corrected chi connectivity index (χ2v) is 10.1. The Balaban J connectivity index is 2.41. The lowest BCUT2D eigenvalue weighted by atomic mass is 10.0. The van der Waals surface area contributed by atoms with E-state index in [-0.39, 0.29) is 39.4 Å². The number of aryl methyl sites for hydroxylation is 2. The third-order valence-corrected chi connectivity index (χ3v) is 8.18. The Morgan fingerprint density at radius 1 is 0.647 bits per heavy atom. The van der Waals surface area contributed by atoms with E-state index < -0.39 is 18.2 Å². The number of hydrogen-bond acceptors (Lipinski definition) is 7. The van der Waals surface area contributed by atoms with Crippen molar-refractivity contribution in [3.05, 3.63) is 76.9 Å². The molecule has 8 heteroatoms. The standard InChI is InChI=1S/C26H27O7P/c1-16-15-17(2)24(33-6)22(23(16)32-5)26(28)34(29,18-11-8-7-9-12-18)25(27)21-19(30-3)13-10-14-20(21)31-4/h7-15H,1-6H3. The van der Waals surface area contributed by atoms with E-state index in [1.807, 2.05) is 0 Å². The molecule has 0 saturated heterocycles. The van der Waals surface area contributed by atoms with Crippen LogP contribution in [0, 0.1) is 13.8 Å². The molecule has 0 N–H and O–H groups in total. The van der Waals surface area contributed by atoms with Gasteiger partial charge in [-0.3, -0.25) is 9.59 Å². The summed E-state index contributed by atoms with van der Waals surface area (Å²) >= 11 is 0. The summed E-state index contributed by atoms with van der Waals surface area (Å²) in [5, 5.41) is 0.0845. The number of carbonyl (C=O) groups excluding carboxylic acids is 2. The van der Waals surface area contributed by atoms with Gasteiger partial charge in [-0.05, 0) is 43.2 Å². The maximum absolute atomic E-state index is 14.8. The van der Waals surface area contributed by atoms with Gasteiger partial charge in [0.25, 0.3) is 0 Å². The second-order valence-electron chi connectivity index (χ2n) is 7.54. The van der Waals surface area contributed by atoms with E-state index in [1.165, 1.54) is 40.6 Å². The number of benzene rings is 3. The van der Waals surface area contributed by atoms with Crippen LogP contribution >= 0.6 is 7.14 Å². The molecule has 3 aromatic rings. The van der Waals surface area contributed by atoms with Gasteiger partial charge in [-0.1, -0.05) is 36.4 Å². The number of hydrogen-bond donors (Lipinski definition) is 0. The van der Waals surface area contributed by atoms with Crippen molar-refractivity contribution >= 4 is 23.5 Å². The Kier molecular flexibility index (Phi) is 7.48. The highest BCUT2D eigenvalue weighted by Gasteiger charge is 2.47. The fourth-order valence-electron chi connectivity index (χ4n) is 4.02. The van der Waals surface area contributed by atoms with E-state index in [4.69, 9.17) is 18.9 Å². The predicted molar refractivity (Wildman–Crippen MR) is 131 cm³/mol. The molecule has 0 aliphatic carbocycles. The molecule has 0 aliphatic rings. The lowest BCUT2D eigenvalue weighted by molar-refractivity contribution is 0.103. The SMILES string of the molecule is COc1cccc(OC)c1C(=O)P(=O)(C(=O)c1c(OC)c(C)cc(C)c1OC)c1ccccc1. The van der Waals surface area contributed by atoms with Gasteiger partial charge in [0.2, 0.25) is 18.2 Å². The summed E-state index contributed by atoms with van der Waals surface area (Å²) in [6, 6.07) is 14.5. The minimum Gasteiger partial charge on any atom is -0.496 e. The van der Waals surface area contributed by atoms with Crippen LogP contribution in [0.25, 0.3) is 0 Å². The van der Waals surface area contributed by atoms with Crippen molar-refractivity contribution in [3.8, 4) is 23.0 Å². The maximum atomic E-state index is 14.8. The molecular formula is C26H27O7P. The molecule has 0 aromatic heterocycles. The minimum absolute atomic E-state index is 0.0445. The molecule has 0 aliphatic heterocycles. The van der Waals surface area contributed by atoms with E-state index in [1.54, 1.807) is 56.3 Å². The summed E-state index contributed by atoms with van der Waals surface area (Å²) in [6.07, 6.45) is 0. The van der Waals surface area contributed by atoms with Gasteiger partial charge in [0.05, 0.1) is 28.4 Å². The van der Waals surface area contributed by atoms with Gasteiger partial charge in [0, 0.05) is 5.30 Å². The number of methoxy groups -OCH3 is 4. The van der Waals surface area contributed by atoms with E-state index in [2.05, 4.69) is 0 Å². The molecule has 7 nitrogen and oxygen atoms in total. The summed E-state index contributed by atoms with van der Waals surface area (Å²) in [4.78, 5) is 28.3. The second kappa shape index (κ2) is 10.1. The van der Waals surface area contributed by atoms with Crippen molar-refractivity contribution in [3.63, 3.8) is 0 Å². The van der Waals surface area contributed by atoms with Crippen LogP contribution in [0.5, 0.6) is 23.0 Å². The van der Waals surface area contributed by atoms with Gasteiger partial charge in [0.15, 0.2) is 0 Å². The van der Waals surface area contributed by atoms with Gasteiger partial charge in [-0.2, -0.15) is 0 Å². The van der Waals surface area contributed by atoms with Gasteiger partial charge in [-0.25, -0.2) is 0 Å². The Morgan fingerprint density at radius 3 is 1.56 bits per heavy atom. The molecule has 34 heavy (non-hydrogen) atoms. The molecule has 0 bridgehead atoms. The lowest BCUT2D eigenvalue weighted by Crippen LogP contribution is -2.22. The van der Waals surface area contributed by atoms with Gasteiger partial charge in [0.1, 0.15) is 34.1 Å². The van der Waals surface area contributed by atoms with Crippen molar-refractivity contribution in [2.24, 2.45) is 0 Å². The molecule has 1 atom stereocenters. The largest absolute Gasteiger partial charge is 0.496 e. The zero-order chi connectivity index (χ0) is 25.0. The van der Waals surface area contributed by atoms with Crippen LogP contribution in [0.2, 0.25) is 0 Å². The van der Waals surface area contributed by atoms with Crippen LogP contribution in [0.3, 0.4) is 0 Å². The van der Waals surface area contributed by atoms with Crippen LogP contribution in [-0.4, -0.2) is 39.5 Å². The van der Waals surface area contributed by atoms with E-state index in [0.717, 1.165) is 0 Å². The fraction of sp³-hybridized carbons (Fsp3) is 0.231. The Morgan fingerprint density at radius 2 is 1.12 bits per heavy atom. The average molecular weight is 482 g/mol. The maximum Gasteiger partial charge on any atom is 0.249 e. The summed E-state index contributed by atoms with van der Waals surface area (Å²) in [5.74, 6) is 0.687. The van der Waals surface area contributed by atoms with Crippen LogP contribution in [-0.2, 0) is 4.57 Å². The number of rotatable bonds is 9. The van der Waals surface area contributed by atoms with Gasteiger partial charge < -0.3 is 23.5 Å². The van der Waals surface area contributed by atoms with Crippen LogP contribution < -0.4 is 24.3 Å². The zero-order valence-electron chi connectivity index (χ0n) is 20.0. The first-order chi connectivity index (χ1) is 16.3. The summed E-state index contributed by atoms with van der Waals surface area (Å²) in [6.45, 7) is 3.53. The first kappa shape index (κ1) is 25.1. The first-order valence-electron chi connectivity index (χ1n) is 10.4. The molecule has 3 rings (SSSR count). The molecular weight excluding hydrogens is 455 g/mol. The molecule has 3 aromatic carbocycles. The average Bonchev–Trinajstić information content (AvgIpc) is 2.86. The third kappa shape index (κ3) is 4.08. The highest BCUT2D eigenvalue weighted by atomic mass is 31.2. The fourth-order valence-corrected chi connectivity index (χ4v) is 6.31. The summed E-state index contributed by atoms with van der Waals surface area (Å²) < 4.78 is 36.6. The third-order valence-electron chi connectivity index (χ3n) is 5.56. The van der Waals surface area contributed by atoms with Crippen LogP contribution in [0.4, 0.5) is 0 Å². The molecule has 0 spiro atoms. The normalized spacial score (nSPS) is 12.4. The minimum atomic E-state index is -4.50. The van der Waals surface area contributed by atoms with Gasteiger partial charge >= 0.3 is 0 Å². The number of carbonyl (C=O) groups is 2. The van der Waals surface area contributed by atoms with Crippen LogP contribution in [0.15, 0.2) is 54.6 Å². The van der Waals surface area contributed by atoms with E-state index in [0.29, 0.717) is 11.1 Å². The topological polar surface area (TPSA) is 88.1 Å². The molecule has 1 unspecified atom stereocenters. The van der Waals surface area contributed by atoms with Crippen LogP contribution in [0.1, 0.15) is 31.8 Å². The number of ether oxygens (including phenoxy) is 4. The molecule has 0 heterocycles. The van der Waals surface area contributed by atoms with Gasteiger partial charge in [-0.15, -0.1) is 0 Å². The molecule has 0 radical (unpaired) electrons. The molecule has 0 amide bonds. The van der Waals surface area contributed by atoms with Crippen molar-refractivity contribution in [1.82, 2.24) is 0 Å². The van der Waals surface area contributed by atoms with Crippen molar-refractivity contribution in [2.75, 3.05) is 28.4 Å². The lowest BCUT2D eigenvalue weighted by Gasteiger charge is -2.22. The Bertz CT molecular complexity index is 1230. The molecule has 178 valence electrons. The summed E-state index contributed by atoms with van der Waals surface area (Å²) in [7, 11) is 1.09.